The molecule has 2 fully saturated rings. The predicted molar refractivity (Wildman–Crippen MR) is 115 cm³/mol. The molecule has 164 valence electrons. The average molecular weight is 438 g/mol. The van der Waals surface area contributed by atoms with Gasteiger partial charge in [-0.15, -0.1) is 0 Å². The molecule has 4 rings (SSSR count). The SMILES string of the molecule is O=C(NCC[NH+]1CCCCC1)[C@H]1C[C@@H](O)[C@H](O)[C@@H]2N=C(Nc3ccc(F)cc3)S[C@@H]21. The zero-order chi connectivity index (χ0) is 21.1. The Bertz CT molecular complexity index is 772. The number of nitrogens with zero attached hydrogens (tertiary/aromatic N) is 1. The summed E-state index contributed by atoms with van der Waals surface area (Å²) in [5.41, 5.74) is 0.682. The van der Waals surface area contributed by atoms with Crippen LogP contribution in [0.3, 0.4) is 0 Å². The normalized spacial score (nSPS) is 31.7. The summed E-state index contributed by atoms with van der Waals surface area (Å²) in [5.74, 6) is -0.832. The molecular weight excluding hydrogens is 407 g/mol. The van der Waals surface area contributed by atoms with Crippen molar-refractivity contribution in [1.82, 2.24) is 5.32 Å². The molecule has 0 bridgehead atoms. The van der Waals surface area contributed by atoms with Crippen LogP contribution in [0.2, 0.25) is 0 Å². The van der Waals surface area contributed by atoms with Crippen molar-refractivity contribution >= 4 is 28.5 Å². The number of carbonyl (C=O) groups is 1. The summed E-state index contributed by atoms with van der Waals surface area (Å²) < 4.78 is 13.1. The van der Waals surface area contributed by atoms with E-state index in [1.54, 1.807) is 12.1 Å². The van der Waals surface area contributed by atoms with Gasteiger partial charge in [0, 0.05) is 10.9 Å². The van der Waals surface area contributed by atoms with Gasteiger partial charge in [0.1, 0.15) is 11.9 Å². The molecule has 7 nitrogen and oxygen atoms in total. The van der Waals surface area contributed by atoms with Crippen LogP contribution in [0.1, 0.15) is 25.7 Å². The largest absolute Gasteiger partial charge is 0.390 e. The maximum atomic E-state index is 13.1. The van der Waals surface area contributed by atoms with Crippen molar-refractivity contribution in [2.45, 2.75) is 49.2 Å². The summed E-state index contributed by atoms with van der Waals surface area (Å²) in [6, 6.07) is 5.38. The van der Waals surface area contributed by atoms with E-state index in [9.17, 15) is 19.4 Å². The molecule has 2 aliphatic heterocycles. The Balaban J connectivity index is 1.36. The second kappa shape index (κ2) is 9.64. The van der Waals surface area contributed by atoms with Crippen molar-refractivity contribution in [1.29, 1.82) is 0 Å². The van der Waals surface area contributed by atoms with E-state index in [4.69, 9.17) is 0 Å². The van der Waals surface area contributed by atoms with Gasteiger partial charge >= 0.3 is 0 Å². The van der Waals surface area contributed by atoms with E-state index in [1.165, 1.54) is 48.1 Å². The summed E-state index contributed by atoms with van der Waals surface area (Å²) in [4.78, 5) is 19.0. The van der Waals surface area contributed by atoms with Gasteiger partial charge < -0.3 is 25.7 Å². The molecule has 1 saturated heterocycles. The summed E-state index contributed by atoms with van der Waals surface area (Å²) in [6.07, 6.45) is 2.03. The predicted octanol–water partition coefficient (Wildman–Crippen LogP) is 0.00430. The summed E-state index contributed by atoms with van der Waals surface area (Å²) in [6.45, 7) is 3.86. The molecule has 0 unspecified atom stereocenters. The molecule has 1 aromatic carbocycles. The molecule has 5 N–H and O–H groups in total. The molecule has 1 saturated carbocycles. The van der Waals surface area contributed by atoms with E-state index in [1.807, 2.05) is 0 Å². The van der Waals surface area contributed by atoms with Crippen molar-refractivity contribution in [2.24, 2.45) is 10.9 Å². The van der Waals surface area contributed by atoms with E-state index in [0.717, 1.165) is 19.6 Å². The van der Waals surface area contributed by atoms with Crippen molar-refractivity contribution in [3.63, 3.8) is 0 Å². The van der Waals surface area contributed by atoms with Gasteiger partial charge in [0.05, 0.1) is 44.2 Å². The Labute approximate surface area is 180 Å². The third kappa shape index (κ3) is 4.96. The number of amidine groups is 1. The Morgan fingerprint density at radius 2 is 1.93 bits per heavy atom. The number of thioether (sulfide) groups is 1. The Morgan fingerprint density at radius 1 is 1.20 bits per heavy atom. The first kappa shape index (κ1) is 21.5. The van der Waals surface area contributed by atoms with Gasteiger partial charge in [0.15, 0.2) is 5.17 Å². The Hall–Kier alpha value is -1.68. The number of aliphatic hydroxyl groups excluding tert-OH is 2. The number of fused-ring (bicyclic) bond motifs is 1. The molecule has 0 radical (unpaired) electrons. The molecule has 9 heteroatoms. The second-order valence-corrected chi connectivity index (χ2v) is 9.56. The summed E-state index contributed by atoms with van der Waals surface area (Å²) >= 11 is 1.41. The van der Waals surface area contributed by atoms with E-state index < -0.39 is 24.2 Å². The molecule has 5 atom stereocenters. The number of anilines is 1. The van der Waals surface area contributed by atoms with Crippen LogP contribution in [0, 0.1) is 11.7 Å². The van der Waals surface area contributed by atoms with Crippen molar-refractivity contribution in [3.05, 3.63) is 30.1 Å². The fourth-order valence-electron chi connectivity index (χ4n) is 4.56. The highest BCUT2D eigenvalue weighted by molar-refractivity contribution is 8.15. The Kier molecular flexibility index (Phi) is 6.92. The van der Waals surface area contributed by atoms with Crippen LogP contribution in [-0.2, 0) is 4.79 Å². The standard InChI is InChI=1S/C21H29FN4O3S/c22-13-4-6-14(7-5-13)24-21-25-17-18(28)16(27)12-15(19(17)30-21)20(29)23-8-11-26-9-2-1-3-10-26/h4-7,15-19,27-28H,1-3,8-12H2,(H,23,29)(H,24,25)/p+1/t15-,16+,17-,18-,19+/m0/s1. The van der Waals surface area contributed by atoms with Gasteiger partial charge in [-0.05, 0) is 49.9 Å². The highest BCUT2D eigenvalue weighted by atomic mass is 32.2. The van der Waals surface area contributed by atoms with Gasteiger partial charge in [0.25, 0.3) is 0 Å². The lowest BCUT2D eigenvalue weighted by molar-refractivity contribution is -0.903. The molecule has 1 amide bonds. The highest BCUT2D eigenvalue weighted by Gasteiger charge is 2.50. The molecule has 0 spiro atoms. The van der Waals surface area contributed by atoms with Crippen LogP contribution in [0.4, 0.5) is 10.1 Å². The van der Waals surface area contributed by atoms with Crippen molar-refractivity contribution in [2.75, 3.05) is 31.5 Å². The molecule has 30 heavy (non-hydrogen) atoms. The van der Waals surface area contributed by atoms with Crippen LogP contribution in [0.5, 0.6) is 0 Å². The minimum atomic E-state index is -1.00. The number of aliphatic hydroxyl groups is 2. The van der Waals surface area contributed by atoms with E-state index in [-0.39, 0.29) is 23.4 Å². The summed E-state index contributed by atoms with van der Waals surface area (Å²) in [7, 11) is 0. The number of nitrogens with one attached hydrogen (secondary N) is 3. The molecular formula is C21H30FN4O3S+. The minimum Gasteiger partial charge on any atom is -0.390 e. The maximum absolute atomic E-state index is 13.1. The van der Waals surface area contributed by atoms with Gasteiger partial charge in [-0.25, -0.2) is 4.39 Å². The van der Waals surface area contributed by atoms with Gasteiger partial charge in [-0.3, -0.25) is 9.79 Å². The van der Waals surface area contributed by atoms with Crippen molar-refractivity contribution < 1.29 is 24.3 Å². The van der Waals surface area contributed by atoms with Crippen LogP contribution in [-0.4, -0.2) is 71.0 Å². The zero-order valence-corrected chi connectivity index (χ0v) is 17.7. The maximum Gasteiger partial charge on any atom is 0.224 e. The van der Waals surface area contributed by atoms with Crippen LogP contribution >= 0.6 is 11.8 Å². The molecule has 2 heterocycles. The fraction of sp³-hybridized carbons (Fsp3) is 0.619. The first-order chi connectivity index (χ1) is 14.5. The van der Waals surface area contributed by atoms with E-state index in [2.05, 4.69) is 15.6 Å². The lowest BCUT2D eigenvalue weighted by atomic mass is 9.81. The monoisotopic (exact) mass is 437 g/mol. The fourth-order valence-corrected chi connectivity index (χ4v) is 5.94. The molecule has 0 aromatic heterocycles. The van der Waals surface area contributed by atoms with Crippen LogP contribution in [0.25, 0.3) is 0 Å². The lowest BCUT2D eigenvalue weighted by Gasteiger charge is -2.37. The topological polar surface area (TPSA) is 98.4 Å². The summed E-state index contributed by atoms with van der Waals surface area (Å²) in [5, 5.41) is 27.2. The number of quaternary nitrogens is 1. The number of piperidine rings is 1. The van der Waals surface area contributed by atoms with E-state index in [0.29, 0.717) is 17.4 Å². The third-order valence-electron chi connectivity index (χ3n) is 6.26. The third-order valence-corrected chi connectivity index (χ3v) is 7.57. The number of rotatable bonds is 5. The van der Waals surface area contributed by atoms with Crippen LogP contribution in [0.15, 0.2) is 29.3 Å². The number of likely N-dealkylation sites (tertiary alicyclic amines) is 1. The smallest absolute Gasteiger partial charge is 0.224 e. The number of amides is 1. The first-order valence-electron chi connectivity index (χ1n) is 10.8. The number of hydrogen-bond acceptors (Lipinski definition) is 6. The lowest BCUT2D eigenvalue weighted by Crippen LogP contribution is -3.13. The highest BCUT2D eigenvalue weighted by Crippen LogP contribution is 2.41. The molecule has 3 aliphatic rings. The average Bonchev–Trinajstić information content (AvgIpc) is 3.17. The number of hydrogen-bond donors (Lipinski definition) is 5. The van der Waals surface area contributed by atoms with Gasteiger partial charge in [-0.1, -0.05) is 11.8 Å². The minimum absolute atomic E-state index is 0.0851. The van der Waals surface area contributed by atoms with Gasteiger partial charge in [-0.2, -0.15) is 0 Å². The number of halogens is 1. The van der Waals surface area contributed by atoms with E-state index >= 15 is 0 Å². The zero-order valence-electron chi connectivity index (χ0n) is 16.9. The number of carbonyl (C=O) groups excluding carboxylic acids is 1. The van der Waals surface area contributed by atoms with Gasteiger partial charge in [0.2, 0.25) is 5.91 Å². The molecule has 1 aliphatic carbocycles. The number of benzene rings is 1. The Morgan fingerprint density at radius 3 is 2.67 bits per heavy atom. The van der Waals surface area contributed by atoms with Crippen molar-refractivity contribution in [3.8, 4) is 0 Å². The number of aliphatic imine (C=N–C) groups is 1. The quantitative estimate of drug-likeness (QED) is 0.447. The second-order valence-electron chi connectivity index (χ2n) is 8.39. The first-order valence-corrected chi connectivity index (χ1v) is 11.6. The molecule has 1 aromatic rings. The van der Waals surface area contributed by atoms with Crippen LogP contribution < -0.4 is 15.5 Å².